The van der Waals surface area contributed by atoms with Crippen LogP contribution in [-0.4, -0.2) is 39.0 Å². The molecule has 4 nitrogen and oxygen atoms in total. The second-order valence-corrected chi connectivity index (χ2v) is 5.99. The van der Waals surface area contributed by atoms with Gasteiger partial charge in [0.25, 0.3) is 0 Å². The highest BCUT2D eigenvalue weighted by Crippen LogP contribution is 2.48. The van der Waals surface area contributed by atoms with E-state index in [2.05, 4.69) is 12.2 Å². The molecule has 0 aliphatic heterocycles. The maximum Gasteiger partial charge on any atom is 0.154 e. The topological polar surface area (TPSA) is 36.9 Å². The minimum absolute atomic E-state index is 0.123. The van der Waals surface area contributed by atoms with Crippen LogP contribution in [0.15, 0.2) is 12.2 Å². The molecule has 6 unspecified atom stereocenters. The summed E-state index contributed by atoms with van der Waals surface area (Å²) in [5.41, 5.74) is 0. The normalized spacial score (nSPS) is 33.5. The Balaban J connectivity index is 1.81. The molecule has 1 saturated carbocycles. The van der Waals surface area contributed by atoms with Gasteiger partial charge >= 0.3 is 0 Å². The Morgan fingerprint density at radius 1 is 0.810 bits per heavy atom. The average molecular weight is 298 g/mol. The second kappa shape index (κ2) is 8.28. The first-order valence-electron chi connectivity index (χ1n) is 8.30. The summed E-state index contributed by atoms with van der Waals surface area (Å²) in [6, 6.07) is 0. The highest BCUT2D eigenvalue weighted by molar-refractivity contribution is 5.13. The minimum atomic E-state index is -0.123. The van der Waals surface area contributed by atoms with E-state index in [-0.39, 0.29) is 12.6 Å². The van der Waals surface area contributed by atoms with Crippen LogP contribution < -0.4 is 0 Å². The third-order valence-corrected chi connectivity index (χ3v) is 4.65. The van der Waals surface area contributed by atoms with Gasteiger partial charge in [-0.1, -0.05) is 12.2 Å². The van der Waals surface area contributed by atoms with Gasteiger partial charge in [0.05, 0.1) is 13.2 Å². The highest BCUT2D eigenvalue weighted by Gasteiger charge is 2.44. The molecule has 0 aromatic heterocycles. The van der Waals surface area contributed by atoms with Crippen LogP contribution in [0.1, 0.15) is 34.1 Å². The lowest BCUT2D eigenvalue weighted by atomic mass is 9.84. The molecule has 0 radical (unpaired) electrons. The van der Waals surface area contributed by atoms with Gasteiger partial charge in [0.15, 0.2) is 12.6 Å². The molecule has 4 heteroatoms. The number of ether oxygens (including phenoxy) is 4. The van der Waals surface area contributed by atoms with Gasteiger partial charge in [-0.3, -0.25) is 0 Å². The van der Waals surface area contributed by atoms with Crippen molar-refractivity contribution in [3.05, 3.63) is 12.2 Å². The van der Waals surface area contributed by atoms with Crippen LogP contribution in [0.5, 0.6) is 0 Å². The van der Waals surface area contributed by atoms with Crippen molar-refractivity contribution in [1.82, 2.24) is 0 Å². The van der Waals surface area contributed by atoms with Crippen molar-refractivity contribution in [2.75, 3.05) is 26.4 Å². The molecule has 0 spiro atoms. The van der Waals surface area contributed by atoms with Crippen LogP contribution in [0, 0.1) is 23.7 Å². The van der Waals surface area contributed by atoms with Crippen LogP contribution in [0.4, 0.5) is 0 Å². The van der Waals surface area contributed by atoms with E-state index in [9.17, 15) is 0 Å². The molecular formula is C17H30O4. The van der Waals surface area contributed by atoms with Crippen molar-refractivity contribution in [3.63, 3.8) is 0 Å². The molecule has 6 atom stereocenters. The predicted molar refractivity (Wildman–Crippen MR) is 81.8 cm³/mol. The predicted octanol–water partition coefficient (Wildman–Crippen LogP) is 3.22. The van der Waals surface area contributed by atoms with E-state index >= 15 is 0 Å². The largest absolute Gasteiger partial charge is 0.353 e. The Labute approximate surface area is 128 Å². The van der Waals surface area contributed by atoms with Gasteiger partial charge in [-0.05, 0) is 57.8 Å². The van der Waals surface area contributed by atoms with E-state index in [1.54, 1.807) is 0 Å². The Morgan fingerprint density at radius 2 is 1.24 bits per heavy atom. The van der Waals surface area contributed by atoms with Gasteiger partial charge in [0, 0.05) is 13.2 Å². The number of hydrogen-bond donors (Lipinski definition) is 0. The van der Waals surface area contributed by atoms with Gasteiger partial charge in [0.2, 0.25) is 0 Å². The number of allylic oxidation sites excluding steroid dienone is 2. The summed E-state index contributed by atoms with van der Waals surface area (Å²) in [6.07, 6.45) is 5.71. The Morgan fingerprint density at radius 3 is 1.62 bits per heavy atom. The molecule has 122 valence electrons. The summed E-state index contributed by atoms with van der Waals surface area (Å²) < 4.78 is 22.6. The Bertz CT molecular complexity index is 301. The van der Waals surface area contributed by atoms with Crippen LogP contribution in [0.3, 0.4) is 0 Å². The lowest BCUT2D eigenvalue weighted by Crippen LogP contribution is -2.31. The first kappa shape index (κ1) is 16.9. The van der Waals surface area contributed by atoms with Gasteiger partial charge in [0.1, 0.15) is 0 Å². The molecule has 0 heterocycles. The molecule has 0 aromatic rings. The third-order valence-electron chi connectivity index (χ3n) is 4.65. The molecule has 21 heavy (non-hydrogen) atoms. The monoisotopic (exact) mass is 298 g/mol. The van der Waals surface area contributed by atoms with Gasteiger partial charge < -0.3 is 18.9 Å². The van der Waals surface area contributed by atoms with Crippen molar-refractivity contribution in [3.8, 4) is 0 Å². The standard InChI is InChI=1S/C17H30O4/c1-5-18-12(3)20-10-16-14-7-8-15(9-14)17(16)11-21-13(4)19-6-2/h7-8,12-17H,5-6,9-11H2,1-4H3. The zero-order chi connectivity index (χ0) is 15.2. The van der Waals surface area contributed by atoms with E-state index in [4.69, 9.17) is 18.9 Å². The van der Waals surface area contributed by atoms with Gasteiger partial charge in [-0.25, -0.2) is 0 Å². The summed E-state index contributed by atoms with van der Waals surface area (Å²) in [6.45, 7) is 10.8. The van der Waals surface area contributed by atoms with E-state index in [0.717, 1.165) is 13.2 Å². The van der Waals surface area contributed by atoms with Crippen molar-refractivity contribution in [2.24, 2.45) is 23.7 Å². The summed E-state index contributed by atoms with van der Waals surface area (Å²) >= 11 is 0. The Hall–Kier alpha value is -0.420. The van der Waals surface area contributed by atoms with Crippen LogP contribution in [0.2, 0.25) is 0 Å². The van der Waals surface area contributed by atoms with Crippen LogP contribution >= 0.6 is 0 Å². The summed E-state index contributed by atoms with van der Waals surface area (Å²) in [5, 5.41) is 0. The van der Waals surface area contributed by atoms with Crippen molar-refractivity contribution < 1.29 is 18.9 Å². The fraction of sp³-hybridized carbons (Fsp3) is 0.882. The second-order valence-electron chi connectivity index (χ2n) is 5.99. The van der Waals surface area contributed by atoms with Crippen LogP contribution in [0.25, 0.3) is 0 Å². The first-order valence-corrected chi connectivity index (χ1v) is 8.30. The minimum Gasteiger partial charge on any atom is -0.353 e. The maximum absolute atomic E-state index is 5.86. The lowest BCUT2D eigenvalue weighted by Gasteiger charge is -2.29. The number of hydrogen-bond acceptors (Lipinski definition) is 4. The molecule has 2 aliphatic carbocycles. The molecule has 2 aliphatic rings. The molecule has 0 aromatic carbocycles. The molecule has 0 N–H and O–H groups in total. The summed E-state index contributed by atoms with van der Waals surface area (Å²) in [4.78, 5) is 0. The highest BCUT2D eigenvalue weighted by atomic mass is 16.7. The molecule has 0 amide bonds. The lowest BCUT2D eigenvalue weighted by molar-refractivity contribution is -0.156. The summed E-state index contributed by atoms with van der Waals surface area (Å²) in [5.74, 6) is 2.35. The molecule has 1 fully saturated rings. The van der Waals surface area contributed by atoms with E-state index in [0.29, 0.717) is 36.9 Å². The van der Waals surface area contributed by atoms with Crippen molar-refractivity contribution in [2.45, 2.75) is 46.7 Å². The zero-order valence-electron chi connectivity index (χ0n) is 13.8. The van der Waals surface area contributed by atoms with Gasteiger partial charge in [-0.2, -0.15) is 0 Å². The molecule has 2 bridgehead atoms. The van der Waals surface area contributed by atoms with Gasteiger partial charge in [-0.15, -0.1) is 0 Å². The van der Waals surface area contributed by atoms with Crippen LogP contribution in [-0.2, 0) is 18.9 Å². The number of rotatable bonds is 10. The third kappa shape index (κ3) is 4.52. The smallest absolute Gasteiger partial charge is 0.154 e. The van der Waals surface area contributed by atoms with Crippen molar-refractivity contribution >= 4 is 0 Å². The SMILES string of the molecule is CCOC(C)OCC1C2C=CC(C2)C1COC(C)OCC. The van der Waals surface area contributed by atoms with E-state index in [1.807, 2.05) is 27.7 Å². The fourth-order valence-corrected chi connectivity index (χ4v) is 3.58. The molecular weight excluding hydrogens is 268 g/mol. The Kier molecular flexibility index (Phi) is 6.68. The average Bonchev–Trinajstić information content (AvgIpc) is 3.04. The fourth-order valence-electron chi connectivity index (χ4n) is 3.58. The zero-order valence-corrected chi connectivity index (χ0v) is 13.8. The quantitative estimate of drug-likeness (QED) is 0.458. The van der Waals surface area contributed by atoms with E-state index < -0.39 is 0 Å². The number of fused-ring (bicyclic) bond motifs is 2. The molecule has 0 saturated heterocycles. The first-order chi connectivity index (χ1) is 10.2. The van der Waals surface area contributed by atoms with E-state index in [1.165, 1.54) is 6.42 Å². The molecule has 2 rings (SSSR count). The summed E-state index contributed by atoms with van der Waals surface area (Å²) in [7, 11) is 0. The maximum atomic E-state index is 5.86. The van der Waals surface area contributed by atoms with Crippen molar-refractivity contribution in [1.29, 1.82) is 0 Å².